The second-order valence-corrected chi connectivity index (χ2v) is 24.6. The topological polar surface area (TPSA) is 55.4 Å². The van der Waals surface area contributed by atoms with E-state index in [2.05, 4.69) is 53.8 Å². The fourth-order valence-corrected chi connectivity index (χ4v) is 17.7. The lowest BCUT2D eigenvalue weighted by Gasteiger charge is -2.61. The van der Waals surface area contributed by atoms with Crippen molar-refractivity contribution in [2.24, 2.45) is 98.6 Å². The number of Topliss-reactive ketones (excluding diaryl/α,β-unsaturated/α-hetero) is 1. The Morgan fingerprint density at radius 2 is 1.12 bits per heavy atom. The van der Waals surface area contributed by atoms with E-state index < -0.39 is 5.60 Å². The summed E-state index contributed by atoms with van der Waals surface area (Å²) in [5, 5.41) is 2.96. The molecule has 8 rings (SSSR count). The minimum absolute atomic E-state index is 0.275. The molecule has 0 spiro atoms. The number of fused-ring (bicyclic) bond motifs is 10. The minimum Gasteiger partial charge on any atom is -0.444 e. The van der Waals surface area contributed by atoms with Crippen LogP contribution in [-0.4, -0.2) is 24.0 Å². The molecule has 1 amide bonds. The summed E-state index contributed by atoms with van der Waals surface area (Å²) < 4.78 is 5.38. The third kappa shape index (κ3) is 7.84. The van der Waals surface area contributed by atoms with Crippen LogP contribution in [-0.2, 0) is 9.53 Å². The van der Waals surface area contributed by atoms with Gasteiger partial charge in [0.15, 0.2) is 0 Å². The molecule has 0 aromatic heterocycles. The van der Waals surface area contributed by atoms with E-state index in [1.54, 1.807) is 0 Å². The molecule has 4 nitrogen and oxygen atoms in total. The molecule has 4 heteroatoms. The molecule has 0 bridgehead atoms. The number of ether oxygens (including phenoxy) is 1. The van der Waals surface area contributed by atoms with Crippen molar-refractivity contribution in [3.8, 4) is 0 Å². The summed E-state index contributed by atoms with van der Waals surface area (Å²) >= 11 is 0. The number of rotatable bonds is 6. The summed E-state index contributed by atoms with van der Waals surface area (Å²) in [5.74, 6) is 12.0. The summed E-state index contributed by atoms with van der Waals surface area (Å²) in [6.45, 7) is 26.3. The van der Waals surface area contributed by atoms with Gasteiger partial charge in [0.25, 0.3) is 0 Å². The van der Waals surface area contributed by atoms with E-state index in [9.17, 15) is 9.59 Å². The van der Waals surface area contributed by atoms with Crippen molar-refractivity contribution in [1.82, 2.24) is 5.32 Å². The van der Waals surface area contributed by atoms with Crippen LogP contribution >= 0.6 is 0 Å². The van der Waals surface area contributed by atoms with Gasteiger partial charge in [0.2, 0.25) is 0 Å². The largest absolute Gasteiger partial charge is 0.444 e. The Balaban J connectivity index is 0.000000182. The van der Waals surface area contributed by atoms with Crippen LogP contribution in [0.25, 0.3) is 0 Å². The SMILES string of the molecule is CC(=O)[C@H]1CC[C@H]2[C@@H]3CC[C@H]4C[C@@H](C)CC[C@]4(C)[C@H]3CC[C@]12C.CC(CCCNC(=O)OC(C)(C)C)[C@H]1CC[C@H]2[C@@H]3CC[C@H]4C[C@@H](C)CC[C@]4(C)[C@H]3CC[C@]12C. The van der Waals surface area contributed by atoms with Gasteiger partial charge in [-0.1, -0.05) is 61.3 Å². The smallest absolute Gasteiger partial charge is 0.407 e. The van der Waals surface area contributed by atoms with Gasteiger partial charge in [0.05, 0.1) is 0 Å². The lowest BCUT2D eigenvalue weighted by Crippen LogP contribution is -2.53. The normalized spacial score (nSPS) is 48.6. The van der Waals surface area contributed by atoms with Crippen molar-refractivity contribution in [3.63, 3.8) is 0 Å². The van der Waals surface area contributed by atoms with E-state index in [0.29, 0.717) is 33.4 Å². The van der Waals surface area contributed by atoms with E-state index in [1.807, 2.05) is 27.7 Å². The molecule has 8 aliphatic rings. The zero-order valence-electron chi connectivity index (χ0n) is 38.6. The summed E-state index contributed by atoms with van der Waals surface area (Å²) in [4.78, 5) is 24.1. The fourth-order valence-electron chi connectivity index (χ4n) is 17.7. The molecule has 8 aliphatic carbocycles. The molecule has 8 fully saturated rings. The standard InChI is InChI=1S/C30H53NO2.C22H36O/c1-20-14-16-29(6)22(19-20)10-11-23-25-13-12-24(30(25,7)17-15-26(23)29)21(2)9-8-18-31-27(32)33-28(3,4)5;1-14-9-11-21(3)16(13-14)5-6-17-19-8-7-18(15(2)23)22(19,4)12-10-20(17)21/h20-26H,8-19H2,1-7H3,(H,31,32);14,16-20H,5-13H2,1-4H3/t20-,21?,22-,23-,24+,25-,26-,29-,30+;14-,16-,17-,18+,19-,20-,21-,22+/m00/s1. The molecule has 0 aromatic rings. The van der Waals surface area contributed by atoms with Crippen molar-refractivity contribution in [2.45, 2.75) is 210 Å². The van der Waals surface area contributed by atoms with Crippen molar-refractivity contribution in [2.75, 3.05) is 6.54 Å². The first-order valence-electron chi connectivity index (χ1n) is 24.8. The molecule has 1 unspecified atom stereocenters. The lowest BCUT2D eigenvalue weighted by atomic mass is 9.44. The molecule has 0 saturated heterocycles. The molecular formula is C52H89NO3. The summed E-state index contributed by atoms with van der Waals surface area (Å²) in [7, 11) is 0. The highest BCUT2D eigenvalue weighted by Crippen LogP contribution is 2.70. The summed E-state index contributed by atoms with van der Waals surface area (Å²) in [6.07, 6.45) is 27.9. The molecule has 1 N–H and O–H groups in total. The number of hydrogen-bond acceptors (Lipinski definition) is 3. The molecule has 8 saturated carbocycles. The number of ketones is 1. The van der Waals surface area contributed by atoms with Gasteiger partial charge in [-0.3, -0.25) is 4.79 Å². The number of amides is 1. The van der Waals surface area contributed by atoms with Crippen LogP contribution in [0.2, 0.25) is 0 Å². The molecule has 56 heavy (non-hydrogen) atoms. The zero-order chi connectivity index (χ0) is 40.4. The molecule has 0 aromatic carbocycles. The van der Waals surface area contributed by atoms with Gasteiger partial charge in [0.1, 0.15) is 11.4 Å². The van der Waals surface area contributed by atoms with E-state index in [-0.39, 0.29) is 6.09 Å². The van der Waals surface area contributed by atoms with Gasteiger partial charge in [-0.15, -0.1) is 0 Å². The van der Waals surface area contributed by atoms with Gasteiger partial charge in [0, 0.05) is 12.5 Å². The van der Waals surface area contributed by atoms with Crippen LogP contribution < -0.4 is 5.32 Å². The molecular weight excluding hydrogens is 687 g/mol. The van der Waals surface area contributed by atoms with E-state index in [4.69, 9.17) is 4.74 Å². The predicted molar refractivity (Wildman–Crippen MR) is 232 cm³/mol. The average Bonchev–Trinajstić information content (AvgIpc) is 3.67. The van der Waals surface area contributed by atoms with Crippen LogP contribution in [0.1, 0.15) is 205 Å². The van der Waals surface area contributed by atoms with Gasteiger partial charge < -0.3 is 10.1 Å². The first-order valence-corrected chi connectivity index (χ1v) is 24.8. The lowest BCUT2D eigenvalue weighted by molar-refractivity contribution is -0.135. The number of carbonyl (C=O) groups excluding carboxylic acids is 2. The maximum absolute atomic E-state index is 12.2. The third-order valence-corrected chi connectivity index (χ3v) is 20.6. The predicted octanol–water partition coefficient (Wildman–Crippen LogP) is 14.1. The van der Waals surface area contributed by atoms with Gasteiger partial charge in [-0.05, 0) is 236 Å². The Morgan fingerprint density at radius 1 is 0.643 bits per heavy atom. The van der Waals surface area contributed by atoms with Gasteiger partial charge in [-0.2, -0.15) is 0 Å². The van der Waals surface area contributed by atoms with Crippen LogP contribution in [0.4, 0.5) is 4.79 Å². The number of carbonyl (C=O) groups is 2. The number of hydrogen-bond donors (Lipinski definition) is 1. The van der Waals surface area contributed by atoms with Crippen LogP contribution in [0.15, 0.2) is 0 Å². The molecule has 0 heterocycles. The quantitative estimate of drug-likeness (QED) is 0.273. The number of alkyl carbamates (subject to hydrolysis) is 1. The first kappa shape index (κ1) is 43.0. The minimum atomic E-state index is -0.421. The average molecular weight is 776 g/mol. The monoisotopic (exact) mass is 776 g/mol. The van der Waals surface area contributed by atoms with E-state index in [1.165, 1.54) is 122 Å². The second-order valence-electron chi connectivity index (χ2n) is 24.6. The molecule has 17 atom stereocenters. The highest BCUT2D eigenvalue weighted by molar-refractivity contribution is 5.79. The van der Waals surface area contributed by atoms with Crippen molar-refractivity contribution in [1.29, 1.82) is 0 Å². The number of nitrogens with one attached hydrogen (secondary N) is 1. The molecule has 320 valence electrons. The Bertz CT molecular complexity index is 1400. The third-order valence-electron chi connectivity index (χ3n) is 20.6. The molecule has 0 aliphatic heterocycles. The highest BCUT2D eigenvalue weighted by Gasteiger charge is 2.62. The fraction of sp³-hybridized carbons (Fsp3) is 0.962. The van der Waals surface area contributed by atoms with Crippen LogP contribution in [0, 0.1) is 98.6 Å². The van der Waals surface area contributed by atoms with Gasteiger partial charge in [-0.25, -0.2) is 4.79 Å². The van der Waals surface area contributed by atoms with Crippen molar-refractivity contribution >= 4 is 11.9 Å². The summed E-state index contributed by atoms with van der Waals surface area (Å²) in [6, 6.07) is 0. The molecule has 0 radical (unpaired) electrons. The van der Waals surface area contributed by atoms with E-state index >= 15 is 0 Å². The highest BCUT2D eigenvalue weighted by atomic mass is 16.6. The zero-order valence-corrected chi connectivity index (χ0v) is 38.6. The van der Waals surface area contributed by atoms with Gasteiger partial charge >= 0.3 is 6.09 Å². The second kappa shape index (κ2) is 16.1. The van der Waals surface area contributed by atoms with E-state index in [0.717, 1.165) is 84.0 Å². The van der Waals surface area contributed by atoms with Crippen molar-refractivity contribution < 1.29 is 14.3 Å². The Hall–Kier alpha value is -1.06. The Morgan fingerprint density at radius 3 is 1.66 bits per heavy atom. The van der Waals surface area contributed by atoms with Crippen molar-refractivity contribution in [3.05, 3.63) is 0 Å². The first-order chi connectivity index (χ1) is 26.3. The Labute approximate surface area is 345 Å². The maximum atomic E-state index is 12.2. The maximum Gasteiger partial charge on any atom is 0.407 e. The Kier molecular flexibility index (Phi) is 12.4. The summed E-state index contributed by atoms with van der Waals surface area (Å²) in [5.41, 5.74) is 1.71. The van der Waals surface area contributed by atoms with Crippen LogP contribution in [0.5, 0.6) is 0 Å². The van der Waals surface area contributed by atoms with Crippen LogP contribution in [0.3, 0.4) is 0 Å².